The van der Waals surface area contributed by atoms with Crippen molar-refractivity contribution in [3.8, 4) is 0 Å². The largest absolute Gasteiger partial charge is 0.460 e. The van der Waals surface area contributed by atoms with E-state index in [9.17, 15) is 9.18 Å². The van der Waals surface area contributed by atoms with Crippen LogP contribution in [0, 0.1) is 5.82 Å². The molecule has 0 aliphatic rings. The van der Waals surface area contributed by atoms with E-state index in [1.165, 1.54) is 12.1 Å². The molecule has 1 amide bonds. The van der Waals surface area contributed by atoms with E-state index in [1.54, 1.807) is 6.07 Å². The first kappa shape index (κ1) is 23.1. The summed E-state index contributed by atoms with van der Waals surface area (Å²) < 4.78 is 19.4. The standard InChI is InChI=1S/C28H25ClFN3O2/c1-28(14-20-16-31-25-8-4-3-7-23(20)25,27(34)32-15-19-10-11-21(30)13-24(19)29)33-17-22-12-18-6-2-5-9-26(18)35-22/h2-13,16,31,33H,14-15,17H2,1H3,(H,32,34). The number of aromatic nitrogens is 1. The first-order valence-electron chi connectivity index (χ1n) is 11.4. The predicted molar refractivity (Wildman–Crippen MR) is 137 cm³/mol. The van der Waals surface area contributed by atoms with Gasteiger partial charge < -0.3 is 14.7 Å². The predicted octanol–water partition coefficient (Wildman–Crippen LogP) is 6.11. The third-order valence-corrected chi connectivity index (χ3v) is 6.66. The highest BCUT2D eigenvalue weighted by molar-refractivity contribution is 6.31. The van der Waals surface area contributed by atoms with Gasteiger partial charge in [-0.1, -0.05) is 54.1 Å². The highest BCUT2D eigenvalue weighted by Crippen LogP contribution is 2.25. The molecule has 5 nitrogen and oxygen atoms in total. The van der Waals surface area contributed by atoms with Crippen molar-refractivity contribution in [1.29, 1.82) is 0 Å². The smallest absolute Gasteiger partial charge is 0.240 e. The minimum atomic E-state index is -0.962. The molecule has 1 atom stereocenters. The van der Waals surface area contributed by atoms with Gasteiger partial charge in [-0.25, -0.2) is 4.39 Å². The second kappa shape index (κ2) is 9.56. The molecule has 2 heterocycles. The number of carbonyl (C=O) groups is 1. The van der Waals surface area contributed by atoms with Gasteiger partial charge in [-0.2, -0.15) is 0 Å². The molecular weight excluding hydrogens is 465 g/mol. The fraction of sp³-hybridized carbons (Fsp3) is 0.179. The van der Waals surface area contributed by atoms with Gasteiger partial charge in [0, 0.05) is 40.5 Å². The van der Waals surface area contributed by atoms with Crippen LogP contribution in [-0.4, -0.2) is 16.4 Å². The lowest BCUT2D eigenvalue weighted by atomic mass is 9.91. The summed E-state index contributed by atoms with van der Waals surface area (Å²) in [7, 11) is 0. The molecule has 1 unspecified atom stereocenters. The number of halogens is 2. The summed E-state index contributed by atoms with van der Waals surface area (Å²) in [6, 6.07) is 21.9. The average Bonchev–Trinajstić information content (AvgIpc) is 3.46. The molecule has 0 saturated carbocycles. The summed E-state index contributed by atoms with van der Waals surface area (Å²) in [5.74, 6) is 0.131. The van der Waals surface area contributed by atoms with Crippen LogP contribution in [0.25, 0.3) is 21.9 Å². The molecule has 35 heavy (non-hydrogen) atoms. The summed E-state index contributed by atoms with van der Waals surface area (Å²) in [6.45, 7) is 2.44. The second-order valence-corrected chi connectivity index (χ2v) is 9.30. The molecule has 0 aliphatic heterocycles. The van der Waals surface area contributed by atoms with Crippen molar-refractivity contribution < 1.29 is 13.6 Å². The normalized spacial score (nSPS) is 13.2. The van der Waals surface area contributed by atoms with Crippen molar-refractivity contribution in [2.24, 2.45) is 0 Å². The fourth-order valence-electron chi connectivity index (χ4n) is 4.32. The van der Waals surface area contributed by atoms with Crippen LogP contribution in [0.3, 0.4) is 0 Å². The van der Waals surface area contributed by atoms with Crippen molar-refractivity contribution in [2.75, 3.05) is 0 Å². The Morgan fingerprint density at radius 2 is 1.83 bits per heavy atom. The van der Waals surface area contributed by atoms with Crippen molar-refractivity contribution >= 4 is 39.4 Å². The van der Waals surface area contributed by atoms with Crippen LogP contribution in [0.5, 0.6) is 0 Å². The number of furan rings is 1. The summed E-state index contributed by atoms with van der Waals surface area (Å²) in [5.41, 5.74) is 2.53. The van der Waals surface area contributed by atoms with E-state index >= 15 is 0 Å². The number of fused-ring (bicyclic) bond motifs is 2. The van der Waals surface area contributed by atoms with Crippen LogP contribution in [0.15, 0.2) is 83.4 Å². The van der Waals surface area contributed by atoms with Gasteiger partial charge in [0.25, 0.3) is 0 Å². The molecule has 0 bridgehead atoms. The maximum atomic E-state index is 13.5. The third kappa shape index (κ3) is 4.94. The number of carbonyl (C=O) groups excluding carboxylic acids is 1. The number of H-pyrrole nitrogens is 1. The highest BCUT2D eigenvalue weighted by atomic mass is 35.5. The van der Waals surface area contributed by atoms with Crippen LogP contribution in [0.2, 0.25) is 5.02 Å². The van der Waals surface area contributed by atoms with E-state index in [2.05, 4.69) is 15.6 Å². The van der Waals surface area contributed by atoms with Gasteiger partial charge in [-0.3, -0.25) is 10.1 Å². The molecular formula is C28H25ClFN3O2. The molecule has 178 valence electrons. The van der Waals surface area contributed by atoms with E-state index in [-0.39, 0.29) is 17.5 Å². The summed E-state index contributed by atoms with van der Waals surface area (Å²) in [4.78, 5) is 16.8. The summed E-state index contributed by atoms with van der Waals surface area (Å²) in [5, 5.41) is 8.75. The number of benzene rings is 3. The first-order chi connectivity index (χ1) is 16.9. The number of aromatic amines is 1. The SMILES string of the molecule is CC(Cc1c[nH]c2ccccc12)(NCc1cc2ccccc2o1)C(=O)NCc1ccc(F)cc1Cl. The Bertz CT molecular complexity index is 1480. The van der Waals surface area contributed by atoms with E-state index in [1.807, 2.05) is 67.7 Å². The maximum Gasteiger partial charge on any atom is 0.240 e. The molecule has 5 aromatic rings. The Balaban J connectivity index is 1.39. The number of hydrogen-bond donors (Lipinski definition) is 3. The fourth-order valence-corrected chi connectivity index (χ4v) is 4.56. The molecule has 0 saturated heterocycles. The van der Waals surface area contributed by atoms with Gasteiger partial charge in [-0.15, -0.1) is 0 Å². The van der Waals surface area contributed by atoms with E-state index < -0.39 is 11.4 Å². The molecule has 7 heteroatoms. The zero-order valence-electron chi connectivity index (χ0n) is 19.2. The summed E-state index contributed by atoms with van der Waals surface area (Å²) in [6.07, 6.45) is 2.39. The monoisotopic (exact) mass is 489 g/mol. The van der Waals surface area contributed by atoms with Gasteiger partial charge in [0.1, 0.15) is 17.2 Å². The Morgan fingerprint density at radius 3 is 2.66 bits per heavy atom. The van der Waals surface area contributed by atoms with Crippen molar-refractivity contribution in [3.63, 3.8) is 0 Å². The molecule has 3 aromatic carbocycles. The van der Waals surface area contributed by atoms with E-state index in [4.69, 9.17) is 16.0 Å². The minimum absolute atomic E-state index is 0.188. The Morgan fingerprint density at radius 1 is 1.03 bits per heavy atom. The molecule has 2 aromatic heterocycles. The lowest BCUT2D eigenvalue weighted by Crippen LogP contribution is -2.55. The minimum Gasteiger partial charge on any atom is -0.460 e. The van der Waals surface area contributed by atoms with E-state index in [0.29, 0.717) is 18.5 Å². The average molecular weight is 490 g/mol. The van der Waals surface area contributed by atoms with Crippen molar-refractivity contribution in [3.05, 3.63) is 107 Å². The Kier molecular flexibility index (Phi) is 6.32. The van der Waals surface area contributed by atoms with Crippen molar-refractivity contribution in [1.82, 2.24) is 15.6 Å². The number of nitrogens with one attached hydrogen (secondary N) is 3. The lowest BCUT2D eigenvalue weighted by molar-refractivity contribution is -0.127. The molecule has 0 radical (unpaired) electrons. The Labute approximate surface area is 207 Å². The van der Waals surface area contributed by atoms with Gasteiger partial charge >= 0.3 is 0 Å². The quantitative estimate of drug-likeness (QED) is 0.246. The number of para-hydroxylation sites is 2. The first-order valence-corrected chi connectivity index (χ1v) is 11.8. The zero-order valence-corrected chi connectivity index (χ0v) is 20.0. The topological polar surface area (TPSA) is 70.1 Å². The van der Waals surface area contributed by atoms with Crippen molar-refractivity contribution in [2.45, 2.75) is 32.0 Å². The lowest BCUT2D eigenvalue weighted by Gasteiger charge is -2.29. The summed E-state index contributed by atoms with van der Waals surface area (Å²) >= 11 is 6.16. The van der Waals surface area contributed by atoms with Crippen LogP contribution in [0.4, 0.5) is 4.39 Å². The molecule has 5 rings (SSSR count). The highest BCUT2D eigenvalue weighted by Gasteiger charge is 2.34. The van der Waals surface area contributed by atoms with E-state index in [0.717, 1.165) is 33.2 Å². The molecule has 0 fully saturated rings. The van der Waals surface area contributed by atoms with Crippen LogP contribution in [-0.2, 0) is 24.3 Å². The van der Waals surface area contributed by atoms with Gasteiger partial charge in [0.2, 0.25) is 5.91 Å². The van der Waals surface area contributed by atoms with Crippen LogP contribution in [0.1, 0.15) is 23.8 Å². The molecule has 3 N–H and O–H groups in total. The number of hydrogen-bond acceptors (Lipinski definition) is 3. The van der Waals surface area contributed by atoms with Gasteiger partial charge in [-0.05, 0) is 48.4 Å². The zero-order chi connectivity index (χ0) is 24.4. The van der Waals surface area contributed by atoms with Gasteiger partial charge in [0.05, 0.1) is 12.1 Å². The maximum absolute atomic E-state index is 13.5. The Hall–Kier alpha value is -3.61. The third-order valence-electron chi connectivity index (χ3n) is 6.30. The number of amides is 1. The van der Waals surface area contributed by atoms with Crippen LogP contribution >= 0.6 is 11.6 Å². The number of rotatable bonds is 8. The van der Waals surface area contributed by atoms with Gasteiger partial charge in [0.15, 0.2) is 0 Å². The molecule has 0 aliphatic carbocycles. The molecule has 0 spiro atoms. The van der Waals surface area contributed by atoms with Crippen LogP contribution < -0.4 is 10.6 Å². The second-order valence-electron chi connectivity index (χ2n) is 8.89.